The maximum absolute atomic E-state index is 3.46. The van der Waals surface area contributed by atoms with E-state index in [2.05, 4.69) is 46.3 Å². The van der Waals surface area contributed by atoms with Gasteiger partial charge in [-0.25, -0.2) is 0 Å². The van der Waals surface area contributed by atoms with Crippen LogP contribution < -0.4 is 10.2 Å². The van der Waals surface area contributed by atoms with Gasteiger partial charge in [-0.2, -0.15) is 0 Å². The molecule has 2 fully saturated rings. The fourth-order valence-corrected chi connectivity index (χ4v) is 3.42. The average molecular weight is 259 g/mol. The molecule has 2 aliphatic rings. The molecule has 0 saturated carbocycles. The Bertz CT molecular complexity index is 404. The van der Waals surface area contributed by atoms with Crippen molar-refractivity contribution in [1.82, 2.24) is 10.2 Å². The highest BCUT2D eigenvalue weighted by molar-refractivity contribution is 5.53. The molecular weight excluding hydrogens is 234 g/mol. The van der Waals surface area contributed by atoms with Crippen molar-refractivity contribution in [2.45, 2.75) is 25.8 Å². The topological polar surface area (TPSA) is 18.5 Å². The number of nitrogens with zero attached hydrogens (tertiary/aromatic N) is 2. The molecule has 3 nitrogen and oxygen atoms in total. The number of aryl methyl sites for hydroxylation is 1. The van der Waals surface area contributed by atoms with Crippen molar-refractivity contribution in [3.8, 4) is 0 Å². The molecule has 0 spiro atoms. The number of hydrogen-bond donors (Lipinski definition) is 1. The van der Waals surface area contributed by atoms with Crippen molar-refractivity contribution in [1.29, 1.82) is 0 Å². The first-order valence-corrected chi connectivity index (χ1v) is 7.60. The third-order valence-electron chi connectivity index (χ3n) is 4.60. The molecule has 2 heterocycles. The van der Waals surface area contributed by atoms with Gasteiger partial charge in [0.1, 0.15) is 0 Å². The predicted molar refractivity (Wildman–Crippen MR) is 80.9 cm³/mol. The summed E-state index contributed by atoms with van der Waals surface area (Å²) in [6, 6.07) is 9.58. The summed E-state index contributed by atoms with van der Waals surface area (Å²) < 4.78 is 0. The van der Waals surface area contributed by atoms with Gasteiger partial charge in [0.15, 0.2) is 0 Å². The van der Waals surface area contributed by atoms with Crippen LogP contribution in [-0.4, -0.2) is 50.2 Å². The normalized spacial score (nSPS) is 22.7. The third-order valence-corrected chi connectivity index (χ3v) is 4.60. The van der Waals surface area contributed by atoms with E-state index in [0.29, 0.717) is 0 Å². The number of piperidine rings is 1. The third kappa shape index (κ3) is 2.93. The molecule has 19 heavy (non-hydrogen) atoms. The molecule has 104 valence electrons. The van der Waals surface area contributed by atoms with Crippen LogP contribution in [0.3, 0.4) is 0 Å². The molecule has 0 unspecified atom stereocenters. The molecule has 1 aromatic carbocycles. The lowest BCUT2D eigenvalue weighted by molar-refractivity contribution is 0.153. The number of piperazine rings is 1. The molecule has 1 N–H and O–H groups in total. The maximum atomic E-state index is 3.46. The fraction of sp³-hybridized carbons (Fsp3) is 0.625. The number of anilines is 1. The van der Waals surface area contributed by atoms with Crippen molar-refractivity contribution in [2.24, 2.45) is 0 Å². The molecule has 0 atom stereocenters. The second-order valence-electron chi connectivity index (χ2n) is 5.79. The summed E-state index contributed by atoms with van der Waals surface area (Å²) in [7, 11) is 0. The molecule has 3 rings (SSSR count). The Balaban J connectivity index is 1.58. The summed E-state index contributed by atoms with van der Waals surface area (Å²) in [5.41, 5.74) is 2.82. The number of nitrogens with one attached hydrogen (secondary N) is 1. The van der Waals surface area contributed by atoms with E-state index in [1.54, 1.807) is 0 Å². The van der Waals surface area contributed by atoms with Gasteiger partial charge in [0.25, 0.3) is 0 Å². The Morgan fingerprint density at radius 2 is 1.68 bits per heavy atom. The van der Waals surface area contributed by atoms with Crippen LogP contribution >= 0.6 is 0 Å². The number of rotatable bonds is 2. The molecule has 1 aromatic rings. The second kappa shape index (κ2) is 5.93. The molecule has 2 saturated heterocycles. The average Bonchev–Trinajstić information content (AvgIpc) is 2.49. The first-order chi connectivity index (χ1) is 9.34. The standard InChI is InChI=1S/C16H25N3/c1-14-4-2-3-5-16(14)19-12-10-18(11-13-19)15-6-8-17-9-7-15/h2-5,15,17H,6-13H2,1H3. The Kier molecular flexibility index (Phi) is 4.04. The Hall–Kier alpha value is -1.06. The zero-order chi connectivity index (χ0) is 13.1. The number of hydrogen-bond acceptors (Lipinski definition) is 3. The van der Waals surface area contributed by atoms with Crippen molar-refractivity contribution < 1.29 is 0 Å². The van der Waals surface area contributed by atoms with Crippen LogP contribution in [0.25, 0.3) is 0 Å². The van der Waals surface area contributed by atoms with Crippen LogP contribution in [0.1, 0.15) is 18.4 Å². The Morgan fingerprint density at radius 1 is 1.00 bits per heavy atom. The Morgan fingerprint density at radius 3 is 2.37 bits per heavy atom. The van der Waals surface area contributed by atoms with Gasteiger partial charge < -0.3 is 10.2 Å². The first-order valence-electron chi connectivity index (χ1n) is 7.60. The van der Waals surface area contributed by atoms with Gasteiger partial charge in [-0.15, -0.1) is 0 Å². The van der Waals surface area contributed by atoms with Crippen LogP contribution in [0.15, 0.2) is 24.3 Å². The summed E-state index contributed by atoms with van der Waals surface area (Å²) in [4.78, 5) is 5.25. The zero-order valence-electron chi connectivity index (χ0n) is 11.9. The van der Waals surface area contributed by atoms with Crippen LogP contribution in [0, 0.1) is 6.92 Å². The van der Waals surface area contributed by atoms with E-state index < -0.39 is 0 Å². The Labute approximate surface area is 116 Å². The van der Waals surface area contributed by atoms with Crippen LogP contribution in [-0.2, 0) is 0 Å². The predicted octanol–water partition coefficient (Wildman–Crippen LogP) is 1.87. The van der Waals surface area contributed by atoms with E-state index in [0.717, 1.165) is 6.04 Å². The molecule has 0 radical (unpaired) electrons. The van der Waals surface area contributed by atoms with Crippen molar-refractivity contribution in [3.63, 3.8) is 0 Å². The molecule has 2 aliphatic heterocycles. The maximum Gasteiger partial charge on any atom is 0.0396 e. The van der Waals surface area contributed by atoms with E-state index >= 15 is 0 Å². The minimum absolute atomic E-state index is 0.820. The van der Waals surface area contributed by atoms with Gasteiger partial charge in [-0.05, 0) is 44.5 Å². The summed E-state index contributed by atoms with van der Waals surface area (Å²) >= 11 is 0. The van der Waals surface area contributed by atoms with Gasteiger partial charge >= 0.3 is 0 Å². The minimum atomic E-state index is 0.820. The lowest BCUT2D eigenvalue weighted by Crippen LogP contribution is -2.52. The van der Waals surface area contributed by atoms with Gasteiger partial charge in [0.2, 0.25) is 0 Å². The molecule has 0 aromatic heterocycles. The van der Waals surface area contributed by atoms with Crippen LogP contribution in [0.4, 0.5) is 5.69 Å². The van der Waals surface area contributed by atoms with Gasteiger partial charge in [-0.3, -0.25) is 4.90 Å². The number of benzene rings is 1. The van der Waals surface area contributed by atoms with Crippen molar-refractivity contribution in [3.05, 3.63) is 29.8 Å². The SMILES string of the molecule is Cc1ccccc1N1CCN(C2CCNCC2)CC1. The number of para-hydroxylation sites is 1. The van der Waals surface area contributed by atoms with Gasteiger partial charge in [0, 0.05) is 37.9 Å². The quantitative estimate of drug-likeness (QED) is 0.875. The van der Waals surface area contributed by atoms with E-state index in [9.17, 15) is 0 Å². The largest absolute Gasteiger partial charge is 0.369 e. The van der Waals surface area contributed by atoms with Gasteiger partial charge in [-0.1, -0.05) is 18.2 Å². The van der Waals surface area contributed by atoms with Crippen molar-refractivity contribution >= 4 is 5.69 Å². The summed E-state index contributed by atoms with van der Waals surface area (Å²) in [5.74, 6) is 0. The highest BCUT2D eigenvalue weighted by Crippen LogP contribution is 2.22. The summed E-state index contributed by atoms with van der Waals surface area (Å²) in [5, 5.41) is 3.46. The molecule has 0 amide bonds. The van der Waals surface area contributed by atoms with E-state index in [1.807, 2.05) is 0 Å². The smallest absolute Gasteiger partial charge is 0.0396 e. The lowest BCUT2D eigenvalue weighted by atomic mass is 10.0. The fourth-order valence-electron chi connectivity index (χ4n) is 3.42. The molecule has 0 aliphatic carbocycles. The molecule has 3 heteroatoms. The van der Waals surface area contributed by atoms with E-state index in [-0.39, 0.29) is 0 Å². The lowest BCUT2D eigenvalue weighted by Gasteiger charge is -2.42. The monoisotopic (exact) mass is 259 g/mol. The van der Waals surface area contributed by atoms with Crippen LogP contribution in [0.5, 0.6) is 0 Å². The van der Waals surface area contributed by atoms with Crippen molar-refractivity contribution in [2.75, 3.05) is 44.2 Å². The van der Waals surface area contributed by atoms with E-state index in [4.69, 9.17) is 0 Å². The second-order valence-corrected chi connectivity index (χ2v) is 5.79. The van der Waals surface area contributed by atoms with Gasteiger partial charge in [0.05, 0.1) is 0 Å². The molecular formula is C16H25N3. The van der Waals surface area contributed by atoms with E-state index in [1.165, 1.54) is 63.4 Å². The summed E-state index contributed by atoms with van der Waals surface area (Å²) in [6.07, 6.45) is 2.65. The minimum Gasteiger partial charge on any atom is -0.369 e. The van der Waals surface area contributed by atoms with Crippen LogP contribution in [0.2, 0.25) is 0 Å². The first kappa shape index (κ1) is 12.9. The molecule has 0 bridgehead atoms. The zero-order valence-corrected chi connectivity index (χ0v) is 11.9. The summed E-state index contributed by atoms with van der Waals surface area (Å²) in [6.45, 7) is 9.40. The highest BCUT2D eigenvalue weighted by atomic mass is 15.3. The highest BCUT2D eigenvalue weighted by Gasteiger charge is 2.25.